The Hall–Kier alpha value is -1.17. The molecule has 0 aromatic carbocycles. The Morgan fingerprint density at radius 1 is 1.25 bits per heavy atom. The van der Waals surface area contributed by atoms with Gasteiger partial charge in [0.1, 0.15) is 0 Å². The van der Waals surface area contributed by atoms with Crippen LogP contribution in [0.1, 0.15) is 32.1 Å². The molecule has 5 nitrogen and oxygen atoms in total. The van der Waals surface area contributed by atoms with Gasteiger partial charge in [0.15, 0.2) is 0 Å². The average molecular weight is 243 g/mol. The van der Waals surface area contributed by atoms with E-state index in [2.05, 4.69) is 5.32 Å². The minimum atomic E-state index is -0.584. The molecule has 1 aliphatic carbocycles. The second-order valence-electron chi connectivity index (χ2n) is 4.13. The van der Waals surface area contributed by atoms with E-state index in [1.54, 1.807) is 0 Å². The van der Waals surface area contributed by atoms with Gasteiger partial charge in [-0.25, -0.2) is 0 Å². The number of primary amides is 1. The molecule has 0 spiro atoms. The lowest BCUT2D eigenvalue weighted by molar-refractivity contribution is -0.124. The number of carbonyl (C=O) groups is 2. The average Bonchev–Trinajstić information content (AvgIpc) is 2.96. The van der Waals surface area contributed by atoms with Gasteiger partial charge in [0.2, 0.25) is 11.8 Å². The van der Waals surface area contributed by atoms with E-state index in [1.165, 1.54) is 0 Å². The lowest BCUT2D eigenvalue weighted by atomic mass is 10.1. The summed E-state index contributed by atoms with van der Waals surface area (Å²) in [5, 5.41) is 2.78. The SMILES string of the molecule is NC(=O)CCCCNC(=O)C1(C(N)=S)CC1. The molecule has 0 aliphatic heterocycles. The summed E-state index contributed by atoms with van der Waals surface area (Å²) in [5.74, 6) is -0.396. The molecule has 16 heavy (non-hydrogen) atoms. The Morgan fingerprint density at radius 3 is 2.31 bits per heavy atom. The molecule has 1 fully saturated rings. The van der Waals surface area contributed by atoms with Gasteiger partial charge in [0.05, 0.1) is 10.4 Å². The Balaban J connectivity index is 2.16. The van der Waals surface area contributed by atoms with Gasteiger partial charge < -0.3 is 16.8 Å². The Morgan fingerprint density at radius 2 is 1.88 bits per heavy atom. The second-order valence-corrected chi connectivity index (χ2v) is 4.57. The molecule has 0 aromatic heterocycles. The lowest BCUT2D eigenvalue weighted by Crippen LogP contribution is -2.39. The molecule has 0 atom stereocenters. The summed E-state index contributed by atoms with van der Waals surface area (Å²) >= 11 is 4.86. The molecule has 6 heteroatoms. The molecule has 0 saturated heterocycles. The number of nitrogens with two attached hydrogens (primary N) is 2. The van der Waals surface area contributed by atoms with E-state index in [0.717, 1.165) is 19.3 Å². The van der Waals surface area contributed by atoms with Crippen LogP contribution in [0.2, 0.25) is 0 Å². The smallest absolute Gasteiger partial charge is 0.233 e. The van der Waals surface area contributed by atoms with Crippen molar-refractivity contribution in [2.45, 2.75) is 32.1 Å². The molecule has 0 bridgehead atoms. The van der Waals surface area contributed by atoms with Crippen molar-refractivity contribution in [2.24, 2.45) is 16.9 Å². The first kappa shape index (κ1) is 12.9. The normalized spacial score (nSPS) is 16.5. The van der Waals surface area contributed by atoms with Crippen molar-refractivity contribution in [3.8, 4) is 0 Å². The number of hydrogen-bond donors (Lipinski definition) is 3. The predicted molar refractivity (Wildman–Crippen MR) is 64.5 cm³/mol. The van der Waals surface area contributed by atoms with Gasteiger partial charge >= 0.3 is 0 Å². The van der Waals surface area contributed by atoms with Crippen LogP contribution in [0.4, 0.5) is 0 Å². The topological polar surface area (TPSA) is 98.2 Å². The third-order valence-electron chi connectivity index (χ3n) is 2.79. The van der Waals surface area contributed by atoms with Crippen LogP contribution in [0.3, 0.4) is 0 Å². The van der Waals surface area contributed by atoms with Crippen LogP contribution in [0.25, 0.3) is 0 Å². The van der Waals surface area contributed by atoms with Gasteiger partial charge in [0.25, 0.3) is 0 Å². The molecule has 0 radical (unpaired) electrons. The zero-order valence-electron chi connectivity index (χ0n) is 9.12. The van der Waals surface area contributed by atoms with Crippen LogP contribution < -0.4 is 16.8 Å². The first-order valence-electron chi connectivity index (χ1n) is 5.35. The fraction of sp³-hybridized carbons (Fsp3) is 0.700. The van der Waals surface area contributed by atoms with Crippen molar-refractivity contribution in [3.63, 3.8) is 0 Å². The van der Waals surface area contributed by atoms with Crippen LogP contribution in [0.5, 0.6) is 0 Å². The fourth-order valence-corrected chi connectivity index (χ4v) is 1.80. The summed E-state index contributed by atoms with van der Waals surface area (Å²) < 4.78 is 0. The monoisotopic (exact) mass is 243 g/mol. The van der Waals surface area contributed by atoms with E-state index >= 15 is 0 Å². The van der Waals surface area contributed by atoms with E-state index in [-0.39, 0.29) is 16.8 Å². The summed E-state index contributed by atoms with van der Waals surface area (Å²) in [4.78, 5) is 22.4. The molecule has 90 valence electrons. The highest BCUT2D eigenvalue weighted by molar-refractivity contribution is 7.80. The second kappa shape index (κ2) is 5.25. The molecular formula is C10H17N3O2S. The van der Waals surface area contributed by atoms with E-state index in [1.807, 2.05) is 0 Å². The summed E-state index contributed by atoms with van der Waals surface area (Å²) in [7, 11) is 0. The maximum absolute atomic E-state index is 11.7. The third-order valence-corrected chi connectivity index (χ3v) is 3.18. The Labute approximate surface area is 99.9 Å². The number of nitrogens with one attached hydrogen (secondary N) is 1. The third kappa shape index (κ3) is 3.16. The number of rotatable bonds is 7. The highest BCUT2D eigenvalue weighted by Crippen LogP contribution is 2.46. The number of carbonyl (C=O) groups excluding carboxylic acids is 2. The van der Waals surface area contributed by atoms with Crippen LogP contribution in [-0.2, 0) is 9.59 Å². The van der Waals surface area contributed by atoms with E-state index in [4.69, 9.17) is 23.7 Å². The van der Waals surface area contributed by atoms with Crippen molar-refractivity contribution >= 4 is 29.0 Å². The van der Waals surface area contributed by atoms with Crippen LogP contribution >= 0.6 is 12.2 Å². The predicted octanol–water partition coefficient (Wildman–Crippen LogP) is -0.176. The molecule has 1 aliphatic rings. The molecule has 5 N–H and O–H groups in total. The highest BCUT2D eigenvalue weighted by Gasteiger charge is 2.52. The van der Waals surface area contributed by atoms with Gasteiger partial charge in [-0.1, -0.05) is 12.2 Å². The Bertz CT molecular complexity index is 313. The standard InChI is InChI=1S/C10H17N3O2S/c11-7(14)3-1-2-6-13-9(15)10(4-5-10)8(12)16/h1-6H2,(H2,11,14)(H2,12,16)(H,13,15). The number of amides is 2. The molecule has 0 aromatic rings. The number of thiocarbonyl (C=S) groups is 1. The van der Waals surface area contributed by atoms with Crippen molar-refractivity contribution in [1.29, 1.82) is 0 Å². The molecule has 1 saturated carbocycles. The van der Waals surface area contributed by atoms with E-state index in [0.29, 0.717) is 19.4 Å². The zero-order valence-corrected chi connectivity index (χ0v) is 9.94. The van der Waals surface area contributed by atoms with Gasteiger partial charge in [0, 0.05) is 13.0 Å². The van der Waals surface area contributed by atoms with Crippen LogP contribution in [0, 0.1) is 5.41 Å². The Kier molecular flexibility index (Phi) is 4.23. The molecule has 0 unspecified atom stereocenters. The number of hydrogen-bond acceptors (Lipinski definition) is 3. The number of unbranched alkanes of at least 4 members (excludes halogenated alkanes) is 1. The maximum atomic E-state index is 11.7. The van der Waals surface area contributed by atoms with Gasteiger partial charge in [-0.15, -0.1) is 0 Å². The summed E-state index contributed by atoms with van der Waals surface area (Å²) in [6.45, 7) is 0.538. The minimum absolute atomic E-state index is 0.0842. The van der Waals surface area contributed by atoms with Gasteiger partial charge in [-0.3, -0.25) is 9.59 Å². The molecule has 2 amide bonds. The van der Waals surface area contributed by atoms with Crippen molar-refractivity contribution in [2.75, 3.05) is 6.54 Å². The molecule has 1 rings (SSSR count). The van der Waals surface area contributed by atoms with Crippen molar-refractivity contribution < 1.29 is 9.59 Å². The summed E-state index contributed by atoms with van der Waals surface area (Å²) in [6.07, 6.45) is 3.28. The summed E-state index contributed by atoms with van der Waals surface area (Å²) in [6, 6.07) is 0. The van der Waals surface area contributed by atoms with Crippen LogP contribution in [-0.4, -0.2) is 23.3 Å². The largest absolute Gasteiger partial charge is 0.392 e. The van der Waals surface area contributed by atoms with E-state index in [9.17, 15) is 9.59 Å². The van der Waals surface area contributed by atoms with Crippen LogP contribution in [0.15, 0.2) is 0 Å². The summed E-state index contributed by atoms with van der Waals surface area (Å²) in [5.41, 5.74) is 9.92. The first-order chi connectivity index (χ1) is 7.49. The van der Waals surface area contributed by atoms with E-state index < -0.39 is 5.41 Å². The molecule has 0 heterocycles. The minimum Gasteiger partial charge on any atom is -0.392 e. The van der Waals surface area contributed by atoms with Gasteiger partial charge in [-0.05, 0) is 25.7 Å². The highest BCUT2D eigenvalue weighted by atomic mass is 32.1. The van der Waals surface area contributed by atoms with Crippen molar-refractivity contribution in [3.05, 3.63) is 0 Å². The molecular weight excluding hydrogens is 226 g/mol. The quantitative estimate of drug-likeness (QED) is 0.427. The maximum Gasteiger partial charge on any atom is 0.233 e. The lowest BCUT2D eigenvalue weighted by Gasteiger charge is -2.13. The fourth-order valence-electron chi connectivity index (χ4n) is 1.51. The zero-order chi connectivity index (χ0) is 12.2. The van der Waals surface area contributed by atoms with Crippen molar-refractivity contribution in [1.82, 2.24) is 5.32 Å². The van der Waals surface area contributed by atoms with Gasteiger partial charge in [-0.2, -0.15) is 0 Å². The first-order valence-corrected chi connectivity index (χ1v) is 5.76.